The summed E-state index contributed by atoms with van der Waals surface area (Å²) in [5.41, 5.74) is 3.19. The topological polar surface area (TPSA) is 42.4 Å². The number of methoxy groups -OCH3 is 1. The zero-order valence-electron chi connectivity index (χ0n) is 18.2. The molecule has 0 unspecified atom stereocenters. The summed E-state index contributed by atoms with van der Waals surface area (Å²) in [4.78, 5) is 4.52. The summed E-state index contributed by atoms with van der Waals surface area (Å²) in [7, 11) is 1.68. The first-order valence-electron chi connectivity index (χ1n) is 11.3. The Morgan fingerprint density at radius 2 is 2.06 bits per heavy atom. The number of quaternary nitrogens is 1. The number of aromatic nitrogens is 1. The fourth-order valence-corrected chi connectivity index (χ4v) is 6.07. The molecule has 6 rings (SSSR count). The Labute approximate surface area is 184 Å². The van der Waals surface area contributed by atoms with Crippen LogP contribution in [0, 0.1) is 11.8 Å². The minimum atomic E-state index is -0.546. The second-order valence-electron chi connectivity index (χ2n) is 9.25. The van der Waals surface area contributed by atoms with Crippen LogP contribution in [0.15, 0.2) is 73.4 Å². The molecule has 0 radical (unpaired) electrons. The number of ether oxygens (including phenoxy) is 1. The van der Waals surface area contributed by atoms with Crippen LogP contribution < -0.4 is 4.74 Å². The van der Waals surface area contributed by atoms with Crippen molar-refractivity contribution in [2.24, 2.45) is 11.8 Å². The molecule has 2 aromatic carbocycles. The Kier molecular flexibility index (Phi) is 5.28. The predicted molar refractivity (Wildman–Crippen MR) is 124 cm³/mol. The average molecular weight is 416 g/mol. The number of hydrogen-bond donors (Lipinski definition) is 1. The summed E-state index contributed by atoms with van der Waals surface area (Å²) in [6, 6.07) is 18.8. The van der Waals surface area contributed by atoms with E-state index in [1.165, 1.54) is 12.0 Å². The minimum Gasteiger partial charge on any atom is -0.497 e. The highest BCUT2D eigenvalue weighted by Crippen LogP contribution is 2.48. The van der Waals surface area contributed by atoms with E-state index in [2.05, 4.69) is 48.0 Å². The number of piperidine rings is 3. The number of benzene rings is 2. The van der Waals surface area contributed by atoms with Crippen molar-refractivity contribution in [1.29, 1.82) is 0 Å². The van der Waals surface area contributed by atoms with Crippen molar-refractivity contribution in [3.05, 3.63) is 84.6 Å². The molecule has 2 bridgehead atoms. The van der Waals surface area contributed by atoms with Crippen LogP contribution >= 0.6 is 0 Å². The van der Waals surface area contributed by atoms with Gasteiger partial charge in [-0.1, -0.05) is 36.4 Å². The highest BCUT2D eigenvalue weighted by Gasteiger charge is 2.53. The van der Waals surface area contributed by atoms with E-state index in [0.29, 0.717) is 11.8 Å². The zero-order valence-corrected chi connectivity index (χ0v) is 18.2. The van der Waals surface area contributed by atoms with E-state index in [9.17, 15) is 5.11 Å². The molecule has 4 heterocycles. The molecular formula is C27H31N2O2+. The van der Waals surface area contributed by atoms with Gasteiger partial charge >= 0.3 is 0 Å². The van der Waals surface area contributed by atoms with E-state index < -0.39 is 6.10 Å². The largest absolute Gasteiger partial charge is 0.497 e. The third-order valence-corrected chi connectivity index (χ3v) is 7.68. The first-order valence-corrected chi connectivity index (χ1v) is 11.3. The lowest BCUT2D eigenvalue weighted by Crippen LogP contribution is -2.67. The number of aliphatic hydroxyl groups is 1. The van der Waals surface area contributed by atoms with Crippen molar-refractivity contribution in [2.45, 2.75) is 31.5 Å². The standard InChI is InChI=1S/C27H31N2O2/c1-3-20-18-29(17-19-7-5-4-6-8-19)14-12-21(20)15-26(29)27(30)23-11-13-28-25-10-9-22(31-2)16-24(23)25/h3-11,13,16,20-21,26-27,30H,1,12,14-15,17-18H2,2H3/q+1/t20-,21+,26+,27-,29+/m1/s1. The van der Waals surface area contributed by atoms with Crippen LogP contribution in [0.25, 0.3) is 10.9 Å². The fraction of sp³-hybridized carbons (Fsp3) is 0.370. The van der Waals surface area contributed by atoms with Gasteiger partial charge in [0, 0.05) is 35.9 Å². The lowest BCUT2D eigenvalue weighted by Gasteiger charge is -2.58. The highest BCUT2D eigenvalue weighted by molar-refractivity contribution is 5.83. The molecule has 3 saturated heterocycles. The maximum Gasteiger partial charge on any atom is 0.131 e. The smallest absolute Gasteiger partial charge is 0.131 e. The van der Waals surface area contributed by atoms with Gasteiger partial charge in [0.05, 0.1) is 25.7 Å². The van der Waals surface area contributed by atoms with Crippen LogP contribution in [-0.2, 0) is 6.54 Å². The van der Waals surface area contributed by atoms with E-state index in [1.807, 2.05) is 30.5 Å². The third kappa shape index (κ3) is 3.54. The van der Waals surface area contributed by atoms with E-state index >= 15 is 0 Å². The van der Waals surface area contributed by atoms with Gasteiger partial charge in [0.15, 0.2) is 0 Å². The molecule has 0 saturated carbocycles. The highest BCUT2D eigenvalue weighted by atomic mass is 16.5. The van der Waals surface area contributed by atoms with Crippen molar-refractivity contribution < 1.29 is 14.3 Å². The molecule has 0 amide bonds. The maximum absolute atomic E-state index is 11.8. The molecule has 4 heteroatoms. The SMILES string of the molecule is C=C[C@@H]1C[N@@+]2(Cc3ccccc3)CC[C@H]1C[C@H]2[C@H](O)c1ccnc2ccc(OC)cc12. The number of nitrogens with zero attached hydrogens (tertiary/aromatic N) is 2. The van der Waals surface area contributed by atoms with Crippen LogP contribution in [-0.4, -0.2) is 40.8 Å². The molecule has 0 spiro atoms. The normalized spacial score (nSPS) is 28.4. The van der Waals surface area contributed by atoms with Crippen LogP contribution in [0.5, 0.6) is 5.75 Å². The second-order valence-corrected chi connectivity index (χ2v) is 9.25. The van der Waals surface area contributed by atoms with Crippen molar-refractivity contribution in [3.8, 4) is 5.75 Å². The molecule has 0 aliphatic carbocycles. The average Bonchev–Trinajstić information content (AvgIpc) is 2.83. The number of rotatable bonds is 6. The number of aliphatic hydroxyl groups excluding tert-OH is 1. The van der Waals surface area contributed by atoms with Crippen LogP contribution in [0.3, 0.4) is 0 Å². The van der Waals surface area contributed by atoms with E-state index in [1.54, 1.807) is 7.11 Å². The van der Waals surface area contributed by atoms with Crippen molar-refractivity contribution in [3.63, 3.8) is 0 Å². The van der Waals surface area contributed by atoms with Gasteiger partial charge in [0.1, 0.15) is 24.4 Å². The summed E-state index contributed by atoms with van der Waals surface area (Å²) < 4.78 is 6.38. The number of fused-ring (bicyclic) bond motifs is 4. The Balaban J connectivity index is 1.56. The van der Waals surface area contributed by atoms with Gasteiger partial charge < -0.3 is 14.3 Å². The first kappa shape index (κ1) is 20.2. The quantitative estimate of drug-likeness (QED) is 0.460. The molecule has 3 fully saturated rings. The summed E-state index contributed by atoms with van der Waals surface area (Å²) >= 11 is 0. The molecule has 1 N–H and O–H groups in total. The van der Waals surface area contributed by atoms with Gasteiger partial charge in [-0.25, -0.2) is 0 Å². The van der Waals surface area contributed by atoms with Gasteiger partial charge in [0.25, 0.3) is 0 Å². The molecule has 160 valence electrons. The van der Waals surface area contributed by atoms with E-state index in [4.69, 9.17) is 4.74 Å². The van der Waals surface area contributed by atoms with Gasteiger partial charge in [0.2, 0.25) is 0 Å². The summed E-state index contributed by atoms with van der Waals surface area (Å²) in [5.74, 6) is 1.92. The molecule has 3 aliphatic rings. The lowest BCUT2D eigenvalue weighted by molar-refractivity contribution is -0.984. The molecule has 3 aliphatic heterocycles. The molecule has 31 heavy (non-hydrogen) atoms. The van der Waals surface area contributed by atoms with Crippen LogP contribution in [0.4, 0.5) is 0 Å². The summed E-state index contributed by atoms with van der Waals surface area (Å²) in [6.45, 7) is 7.25. The molecule has 1 aromatic heterocycles. The Hall–Kier alpha value is -2.69. The number of hydrogen-bond acceptors (Lipinski definition) is 3. The molecular weight excluding hydrogens is 384 g/mol. The van der Waals surface area contributed by atoms with Crippen LogP contribution in [0.1, 0.15) is 30.1 Å². The monoisotopic (exact) mass is 415 g/mol. The number of pyridine rings is 1. The maximum atomic E-state index is 11.8. The third-order valence-electron chi connectivity index (χ3n) is 7.68. The second kappa shape index (κ2) is 8.10. The van der Waals surface area contributed by atoms with Gasteiger partial charge in [-0.05, 0) is 35.7 Å². The molecule has 5 atom stereocenters. The lowest BCUT2D eigenvalue weighted by atomic mass is 9.71. The van der Waals surface area contributed by atoms with Gasteiger partial charge in [-0.3, -0.25) is 4.98 Å². The van der Waals surface area contributed by atoms with Crippen molar-refractivity contribution in [1.82, 2.24) is 4.98 Å². The molecule has 3 aromatic rings. The van der Waals surface area contributed by atoms with Gasteiger partial charge in [-0.15, -0.1) is 6.58 Å². The molecule has 4 nitrogen and oxygen atoms in total. The fourth-order valence-electron chi connectivity index (χ4n) is 6.07. The van der Waals surface area contributed by atoms with Crippen LogP contribution in [0.2, 0.25) is 0 Å². The Morgan fingerprint density at radius 1 is 1.23 bits per heavy atom. The first-order chi connectivity index (χ1) is 15.1. The van der Waals surface area contributed by atoms with Gasteiger partial charge in [-0.2, -0.15) is 0 Å². The predicted octanol–water partition coefficient (Wildman–Crippen LogP) is 4.89. The Bertz CT molecular complexity index is 1080. The summed E-state index contributed by atoms with van der Waals surface area (Å²) in [5, 5.41) is 12.8. The minimum absolute atomic E-state index is 0.159. The van der Waals surface area contributed by atoms with E-state index in [-0.39, 0.29) is 6.04 Å². The van der Waals surface area contributed by atoms with Crippen molar-refractivity contribution in [2.75, 3.05) is 20.2 Å². The zero-order chi connectivity index (χ0) is 21.4. The van der Waals surface area contributed by atoms with E-state index in [0.717, 1.165) is 52.8 Å². The Morgan fingerprint density at radius 3 is 2.84 bits per heavy atom. The van der Waals surface area contributed by atoms with Crippen molar-refractivity contribution >= 4 is 10.9 Å². The summed E-state index contributed by atoms with van der Waals surface area (Å²) in [6.07, 6.45) is 5.65.